The second kappa shape index (κ2) is 3.73. The molecule has 3 N–H and O–H groups in total. The minimum atomic E-state index is -0.139. The molecule has 14 heavy (non-hydrogen) atoms. The lowest BCUT2D eigenvalue weighted by molar-refractivity contribution is 1.02. The molecule has 0 saturated heterocycles. The molecular weight excluding hydrogens is 198 g/mol. The molecule has 0 aliphatic heterocycles. The zero-order valence-corrected chi connectivity index (χ0v) is 8.17. The van der Waals surface area contributed by atoms with Crippen LogP contribution in [0.2, 0.25) is 0 Å². The Morgan fingerprint density at radius 3 is 2.93 bits per heavy atom. The molecule has 5 heteroatoms. The molecule has 2 aromatic rings. The lowest BCUT2D eigenvalue weighted by Gasteiger charge is -1.98. The third-order valence-electron chi connectivity index (χ3n) is 1.87. The fraction of sp³-hybridized carbons (Fsp3) is 0.111. The Kier molecular flexibility index (Phi) is 2.43. The van der Waals surface area contributed by atoms with Crippen molar-refractivity contribution in [3.8, 4) is 10.7 Å². The predicted molar refractivity (Wildman–Crippen MR) is 56.1 cm³/mol. The van der Waals surface area contributed by atoms with Crippen LogP contribution in [0.15, 0.2) is 28.5 Å². The highest BCUT2D eigenvalue weighted by Gasteiger charge is 2.03. The van der Waals surface area contributed by atoms with Crippen LogP contribution in [0.1, 0.15) is 5.56 Å². The average molecular weight is 207 g/mol. The van der Waals surface area contributed by atoms with Gasteiger partial charge in [0, 0.05) is 23.7 Å². The summed E-state index contributed by atoms with van der Waals surface area (Å²) in [5.41, 5.74) is 6.57. The summed E-state index contributed by atoms with van der Waals surface area (Å²) in [6.45, 7) is 0.257. The quantitative estimate of drug-likeness (QED) is 0.770. The van der Waals surface area contributed by atoms with Crippen molar-refractivity contribution in [1.29, 1.82) is 0 Å². The number of H-pyrrole nitrogens is 1. The molecule has 4 nitrogen and oxygen atoms in total. The first kappa shape index (κ1) is 9.11. The van der Waals surface area contributed by atoms with E-state index in [-0.39, 0.29) is 12.1 Å². The van der Waals surface area contributed by atoms with Gasteiger partial charge in [-0.25, -0.2) is 4.98 Å². The third kappa shape index (κ3) is 1.59. The number of thiazole rings is 1. The van der Waals surface area contributed by atoms with E-state index in [1.54, 1.807) is 12.3 Å². The Morgan fingerprint density at radius 1 is 1.50 bits per heavy atom. The Morgan fingerprint density at radius 2 is 2.36 bits per heavy atom. The Hall–Kier alpha value is -1.46. The van der Waals surface area contributed by atoms with E-state index in [1.165, 1.54) is 11.3 Å². The molecule has 0 spiro atoms. The summed E-state index contributed by atoms with van der Waals surface area (Å²) in [5.74, 6) is 0. The molecule has 0 unspecified atom stereocenters. The van der Waals surface area contributed by atoms with Gasteiger partial charge >= 0.3 is 0 Å². The summed E-state index contributed by atoms with van der Waals surface area (Å²) < 4.78 is 0. The molecule has 0 aliphatic rings. The fourth-order valence-electron chi connectivity index (χ4n) is 1.15. The molecular formula is C9H9N3OS. The predicted octanol–water partition coefficient (Wildman–Crippen LogP) is 0.957. The highest BCUT2D eigenvalue weighted by Crippen LogP contribution is 2.17. The van der Waals surface area contributed by atoms with Crippen molar-refractivity contribution in [2.45, 2.75) is 6.54 Å². The van der Waals surface area contributed by atoms with Crippen LogP contribution in [0.4, 0.5) is 0 Å². The van der Waals surface area contributed by atoms with Gasteiger partial charge in [-0.3, -0.25) is 4.79 Å². The van der Waals surface area contributed by atoms with Gasteiger partial charge in [-0.2, -0.15) is 0 Å². The van der Waals surface area contributed by atoms with Gasteiger partial charge in [0.1, 0.15) is 5.01 Å². The van der Waals surface area contributed by atoms with Crippen LogP contribution < -0.4 is 11.3 Å². The van der Waals surface area contributed by atoms with E-state index in [1.807, 2.05) is 11.4 Å². The van der Waals surface area contributed by atoms with Gasteiger partial charge in [-0.15, -0.1) is 11.3 Å². The summed E-state index contributed by atoms with van der Waals surface area (Å²) in [5, 5.41) is 2.68. The topological polar surface area (TPSA) is 71.8 Å². The lowest BCUT2D eigenvalue weighted by Crippen LogP contribution is -2.15. The largest absolute Gasteiger partial charge is 0.326 e. The zero-order chi connectivity index (χ0) is 9.97. The highest BCUT2D eigenvalue weighted by atomic mass is 32.1. The molecule has 2 heterocycles. The van der Waals surface area contributed by atoms with Crippen molar-refractivity contribution in [2.75, 3.05) is 0 Å². The maximum atomic E-state index is 11.4. The normalized spacial score (nSPS) is 10.4. The third-order valence-corrected chi connectivity index (χ3v) is 2.68. The number of hydrogen-bond donors (Lipinski definition) is 2. The molecule has 0 aromatic carbocycles. The summed E-state index contributed by atoms with van der Waals surface area (Å²) >= 11 is 1.49. The minimum Gasteiger partial charge on any atom is -0.326 e. The standard InChI is InChI=1S/C9H9N3OS/c10-5-6-1-2-7(12-8(6)13)9-11-3-4-14-9/h1-4H,5,10H2,(H,12,13). The van der Waals surface area contributed by atoms with E-state index in [9.17, 15) is 4.79 Å². The van der Waals surface area contributed by atoms with Crippen LogP contribution in [-0.4, -0.2) is 9.97 Å². The van der Waals surface area contributed by atoms with Crippen molar-refractivity contribution in [1.82, 2.24) is 9.97 Å². The van der Waals surface area contributed by atoms with E-state index in [2.05, 4.69) is 9.97 Å². The molecule has 0 radical (unpaired) electrons. The average Bonchev–Trinajstić information content (AvgIpc) is 2.70. The first-order valence-electron chi connectivity index (χ1n) is 4.13. The van der Waals surface area contributed by atoms with Crippen LogP contribution in [0.5, 0.6) is 0 Å². The SMILES string of the molecule is NCc1ccc(-c2nccs2)[nH]c1=O. The maximum Gasteiger partial charge on any atom is 0.252 e. The molecule has 0 bridgehead atoms. The number of aromatic amines is 1. The number of rotatable bonds is 2. The number of nitrogens with zero attached hydrogens (tertiary/aromatic N) is 1. The van der Waals surface area contributed by atoms with Crippen molar-refractivity contribution in [2.24, 2.45) is 5.73 Å². The maximum absolute atomic E-state index is 11.4. The molecule has 2 rings (SSSR count). The molecule has 0 aliphatic carbocycles. The van der Waals surface area contributed by atoms with Gasteiger partial charge in [0.05, 0.1) is 5.69 Å². The molecule has 0 fully saturated rings. The minimum absolute atomic E-state index is 0.139. The summed E-state index contributed by atoms with van der Waals surface area (Å²) in [7, 11) is 0. The summed E-state index contributed by atoms with van der Waals surface area (Å²) in [6.07, 6.45) is 1.70. The van der Waals surface area contributed by atoms with Crippen molar-refractivity contribution < 1.29 is 0 Å². The van der Waals surface area contributed by atoms with E-state index >= 15 is 0 Å². The van der Waals surface area contributed by atoms with Crippen LogP contribution in [0.25, 0.3) is 10.7 Å². The van der Waals surface area contributed by atoms with Crippen molar-refractivity contribution in [3.63, 3.8) is 0 Å². The van der Waals surface area contributed by atoms with Gasteiger partial charge in [-0.05, 0) is 6.07 Å². The summed E-state index contributed by atoms with van der Waals surface area (Å²) in [6, 6.07) is 3.55. The van der Waals surface area contributed by atoms with E-state index < -0.39 is 0 Å². The zero-order valence-electron chi connectivity index (χ0n) is 7.36. The number of hydrogen-bond acceptors (Lipinski definition) is 4. The molecule has 2 aromatic heterocycles. The number of aromatic nitrogens is 2. The molecule has 0 amide bonds. The Labute approximate surface area is 84.4 Å². The Balaban J connectivity index is 2.48. The van der Waals surface area contributed by atoms with Gasteiger partial charge in [0.15, 0.2) is 0 Å². The smallest absolute Gasteiger partial charge is 0.252 e. The van der Waals surface area contributed by atoms with E-state index in [4.69, 9.17) is 5.73 Å². The number of nitrogens with one attached hydrogen (secondary N) is 1. The monoisotopic (exact) mass is 207 g/mol. The lowest BCUT2D eigenvalue weighted by atomic mass is 10.2. The second-order valence-corrected chi connectivity index (χ2v) is 3.66. The van der Waals surface area contributed by atoms with Gasteiger partial charge in [-0.1, -0.05) is 6.07 Å². The van der Waals surface area contributed by atoms with E-state index in [0.717, 1.165) is 10.7 Å². The van der Waals surface area contributed by atoms with Crippen LogP contribution in [0, 0.1) is 0 Å². The van der Waals surface area contributed by atoms with Crippen LogP contribution in [-0.2, 0) is 6.54 Å². The Bertz CT molecular complexity index is 475. The van der Waals surface area contributed by atoms with Crippen molar-refractivity contribution in [3.05, 3.63) is 39.6 Å². The molecule has 0 atom stereocenters. The first-order valence-corrected chi connectivity index (χ1v) is 5.01. The van der Waals surface area contributed by atoms with Gasteiger partial charge in [0.2, 0.25) is 0 Å². The van der Waals surface area contributed by atoms with Gasteiger partial charge < -0.3 is 10.7 Å². The highest BCUT2D eigenvalue weighted by molar-refractivity contribution is 7.13. The number of nitrogens with two attached hydrogens (primary N) is 1. The van der Waals surface area contributed by atoms with E-state index in [0.29, 0.717) is 5.56 Å². The van der Waals surface area contributed by atoms with Crippen molar-refractivity contribution >= 4 is 11.3 Å². The van der Waals surface area contributed by atoms with Gasteiger partial charge in [0.25, 0.3) is 5.56 Å². The fourth-order valence-corrected chi connectivity index (χ4v) is 1.76. The number of pyridine rings is 1. The molecule has 0 saturated carbocycles. The second-order valence-electron chi connectivity index (χ2n) is 2.77. The van der Waals surface area contributed by atoms with Crippen LogP contribution in [0.3, 0.4) is 0 Å². The summed E-state index contributed by atoms with van der Waals surface area (Å²) in [4.78, 5) is 18.2. The van der Waals surface area contributed by atoms with Crippen LogP contribution >= 0.6 is 11.3 Å². The first-order chi connectivity index (χ1) is 6.81. The molecule has 72 valence electrons.